The van der Waals surface area contributed by atoms with E-state index >= 15 is 0 Å². The molecule has 6 N–H and O–H groups in total. The average Bonchev–Trinajstić information content (AvgIpc) is 2.92. The number of rotatable bonds is 8. The number of phenols is 3. The molecule has 1 aliphatic heterocycles. The molecule has 4 rings (SSSR count). The maximum Gasteiger partial charge on any atom is 0.338 e. The number of aliphatic hydroxyl groups excluding tert-OH is 3. The minimum Gasteiger partial charge on any atom is -0.508 e. The van der Waals surface area contributed by atoms with Gasteiger partial charge in [-0.05, 0) is 53.6 Å². The van der Waals surface area contributed by atoms with Crippen molar-refractivity contribution in [3.63, 3.8) is 0 Å². The lowest BCUT2D eigenvalue weighted by atomic mass is 9.99. The number of benzene rings is 3. The van der Waals surface area contributed by atoms with E-state index in [0.29, 0.717) is 5.56 Å². The standard InChI is InChI=1S/C28H28O11/c1-36-22-12-17(6-9-21(22)31)27(35)37-14-23-24(32)25(33)26(34)28(39-23)38-20-11-16(10-19(30)13-20)3-2-15-4-7-18(29)8-5-15/h2-13,23-26,28-34H,14H2,1H3/t23-,24-,25+,26-,28-/m1/s1. The van der Waals surface area contributed by atoms with Crippen molar-refractivity contribution in [2.24, 2.45) is 0 Å². The molecule has 5 atom stereocenters. The monoisotopic (exact) mass is 540 g/mol. The van der Waals surface area contributed by atoms with E-state index in [0.717, 1.165) is 5.56 Å². The van der Waals surface area contributed by atoms with Gasteiger partial charge in [0.25, 0.3) is 0 Å². The fraction of sp³-hybridized carbons (Fsp3) is 0.250. The van der Waals surface area contributed by atoms with Gasteiger partial charge in [-0.25, -0.2) is 4.79 Å². The molecule has 206 valence electrons. The Morgan fingerprint density at radius 2 is 1.56 bits per heavy atom. The van der Waals surface area contributed by atoms with Crippen molar-refractivity contribution >= 4 is 18.1 Å². The highest BCUT2D eigenvalue weighted by Gasteiger charge is 2.45. The summed E-state index contributed by atoms with van der Waals surface area (Å²) in [6.45, 7) is -0.493. The van der Waals surface area contributed by atoms with Gasteiger partial charge < -0.3 is 49.6 Å². The second-order valence-electron chi connectivity index (χ2n) is 8.80. The molecule has 1 heterocycles. The molecule has 0 aromatic heterocycles. The van der Waals surface area contributed by atoms with Crippen LogP contribution in [0.2, 0.25) is 0 Å². The Kier molecular flexibility index (Phi) is 8.57. The maximum absolute atomic E-state index is 12.5. The van der Waals surface area contributed by atoms with Gasteiger partial charge in [0.15, 0.2) is 11.5 Å². The number of aliphatic hydroxyl groups is 3. The van der Waals surface area contributed by atoms with Gasteiger partial charge in [-0.2, -0.15) is 0 Å². The summed E-state index contributed by atoms with van der Waals surface area (Å²) in [6, 6.07) is 14.6. The molecule has 11 heteroatoms. The first-order valence-electron chi connectivity index (χ1n) is 11.9. The van der Waals surface area contributed by atoms with Crippen LogP contribution in [0.1, 0.15) is 21.5 Å². The second kappa shape index (κ2) is 12.0. The largest absolute Gasteiger partial charge is 0.508 e. The van der Waals surface area contributed by atoms with Crippen molar-refractivity contribution in [3.8, 4) is 28.7 Å². The van der Waals surface area contributed by atoms with Crippen molar-refractivity contribution in [2.75, 3.05) is 13.7 Å². The normalized spacial score (nSPS) is 22.9. The summed E-state index contributed by atoms with van der Waals surface area (Å²) in [6.07, 6.45) is -4.25. The molecule has 3 aromatic carbocycles. The Labute approximate surface area is 223 Å². The number of methoxy groups -OCH3 is 1. The molecule has 1 fully saturated rings. The van der Waals surface area contributed by atoms with E-state index in [-0.39, 0.29) is 34.3 Å². The smallest absolute Gasteiger partial charge is 0.338 e. The van der Waals surface area contributed by atoms with Gasteiger partial charge in [-0.1, -0.05) is 24.3 Å². The highest BCUT2D eigenvalue weighted by atomic mass is 16.7. The van der Waals surface area contributed by atoms with Crippen molar-refractivity contribution in [1.82, 2.24) is 0 Å². The third-order valence-corrected chi connectivity index (χ3v) is 5.99. The van der Waals surface area contributed by atoms with E-state index in [9.17, 15) is 35.4 Å². The fourth-order valence-electron chi connectivity index (χ4n) is 3.88. The number of phenolic OH excluding ortho intramolecular Hbond substituents is 3. The van der Waals surface area contributed by atoms with Crippen LogP contribution in [0.4, 0.5) is 0 Å². The van der Waals surface area contributed by atoms with E-state index in [4.69, 9.17) is 18.9 Å². The molecule has 0 unspecified atom stereocenters. The molecule has 11 nitrogen and oxygen atoms in total. The zero-order chi connectivity index (χ0) is 28.1. The number of hydrogen-bond donors (Lipinski definition) is 6. The van der Waals surface area contributed by atoms with Crippen LogP contribution in [0.5, 0.6) is 28.7 Å². The van der Waals surface area contributed by atoms with Crippen LogP contribution in [0.15, 0.2) is 60.7 Å². The Morgan fingerprint density at radius 1 is 0.846 bits per heavy atom. The van der Waals surface area contributed by atoms with E-state index in [1.54, 1.807) is 30.4 Å². The third-order valence-electron chi connectivity index (χ3n) is 5.99. The molecular weight excluding hydrogens is 512 g/mol. The Hall–Kier alpha value is -4.29. The highest BCUT2D eigenvalue weighted by Crippen LogP contribution is 2.30. The highest BCUT2D eigenvalue weighted by molar-refractivity contribution is 5.90. The number of carbonyl (C=O) groups is 1. The first-order valence-corrected chi connectivity index (χ1v) is 11.9. The predicted octanol–water partition coefficient (Wildman–Crippen LogP) is 2.03. The van der Waals surface area contributed by atoms with Crippen LogP contribution < -0.4 is 9.47 Å². The van der Waals surface area contributed by atoms with E-state index < -0.39 is 43.3 Å². The van der Waals surface area contributed by atoms with Crippen LogP contribution in [-0.4, -0.2) is 81.0 Å². The minimum absolute atomic E-state index is 0.0637. The van der Waals surface area contributed by atoms with Crippen LogP contribution in [0.25, 0.3) is 12.2 Å². The van der Waals surface area contributed by atoms with Crippen molar-refractivity contribution in [2.45, 2.75) is 30.7 Å². The zero-order valence-corrected chi connectivity index (χ0v) is 20.7. The Bertz CT molecular complexity index is 1320. The first-order chi connectivity index (χ1) is 18.6. The Balaban J connectivity index is 1.44. The topological polar surface area (TPSA) is 175 Å². The minimum atomic E-state index is -1.69. The summed E-state index contributed by atoms with van der Waals surface area (Å²) in [5.41, 5.74) is 1.40. The van der Waals surface area contributed by atoms with Crippen LogP contribution in [-0.2, 0) is 9.47 Å². The second-order valence-corrected chi connectivity index (χ2v) is 8.80. The first kappa shape index (κ1) is 27.7. The van der Waals surface area contributed by atoms with Gasteiger partial charge in [-0.15, -0.1) is 0 Å². The van der Waals surface area contributed by atoms with E-state index in [2.05, 4.69) is 0 Å². The summed E-state index contributed by atoms with van der Waals surface area (Å²) in [5, 5.41) is 60.4. The van der Waals surface area contributed by atoms with Gasteiger partial charge >= 0.3 is 5.97 Å². The van der Waals surface area contributed by atoms with Gasteiger partial charge in [0.05, 0.1) is 12.7 Å². The lowest BCUT2D eigenvalue weighted by Gasteiger charge is -2.39. The molecule has 0 radical (unpaired) electrons. The molecule has 0 aliphatic carbocycles. The zero-order valence-electron chi connectivity index (χ0n) is 20.7. The average molecular weight is 541 g/mol. The van der Waals surface area contributed by atoms with Crippen molar-refractivity contribution < 1.29 is 54.4 Å². The summed E-state index contributed by atoms with van der Waals surface area (Å²) >= 11 is 0. The molecule has 1 saturated heterocycles. The van der Waals surface area contributed by atoms with Gasteiger partial charge in [0.2, 0.25) is 6.29 Å². The van der Waals surface area contributed by atoms with Crippen LogP contribution >= 0.6 is 0 Å². The Morgan fingerprint density at radius 3 is 2.28 bits per heavy atom. The van der Waals surface area contributed by atoms with Crippen molar-refractivity contribution in [3.05, 3.63) is 77.4 Å². The fourth-order valence-corrected chi connectivity index (χ4v) is 3.88. The number of ether oxygens (including phenoxy) is 4. The summed E-state index contributed by atoms with van der Waals surface area (Å²) < 4.78 is 21.5. The number of carbonyl (C=O) groups excluding carboxylic acids is 1. The molecule has 0 saturated carbocycles. The van der Waals surface area contributed by atoms with Gasteiger partial charge in [-0.3, -0.25) is 0 Å². The number of aromatic hydroxyl groups is 3. The quantitative estimate of drug-likeness (QED) is 0.182. The molecular formula is C28H28O11. The molecule has 0 bridgehead atoms. The van der Waals surface area contributed by atoms with Crippen LogP contribution in [0.3, 0.4) is 0 Å². The maximum atomic E-state index is 12.5. The summed E-state index contributed by atoms with van der Waals surface area (Å²) in [5.74, 6) is -0.817. The third kappa shape index (κ3) is 6.78. The molecule has 0 spiro atoms. The summed E-state index contributed by atoms with van der Waals surface area (Å²) in [4.78, 5) is 12.5. The summed E-state index contributed by atoms with van der Waals surface area (Å²) in [7, 11) is 1.32. The lowest BCUT2D eigenvalue weighted by Crippen LogP contribution is -2.60. The van der Waals surface area contributed by atoms with Crippen LogP contribution in [0, 0.1) is 0 Å². The molecule has 1 aliphatic rings. The van der Waals surface area contributed by atoms with Crippen molar-refractivity contribution in [1.29, 1.82) is 0 Å². The molecule has 0 amide bonds. The molecule has 3 aromatic rings. The number of hydrogen-bond acceptors (Lipinski definition) is 11. The SMILES string of the molecule is COc1cc(C(=O)OC[C@H]2O[C@@H](Oc3cc(O)cc(C=Cc4ccc(O)cc4)c3)[C@H](O)[C@@H](O)[C@@H]2O)ccc1O. The predicted molar refractivity (Wildman–Crippen MR) is 137 cm³/mol. The van der Waals surface area contributed by atoms with E-state index in [1.807, 2.05) is 0 Å². The van der Waals surface area contributed by atoms with E-state index in [1.165, 1.54) is 49.6 Å². The van der Waals surface area contributed by atoms with Gasteiger partial charge in [0, 0.05) is 6.07 Å². The van der Waals surface area contributed by atoms with Gasteiger partial charge in [0.1, 0.15) is 48.3 Å². The lowest BCUT2D eigenvalue weighted by molar-refractivity contribution is -0.277. The number of esters is 1. The molecule has 39 heavy (non-hydrogen) atoms.